The molecule has 2 N–H and O–H groups in total. The van der Waals surface area contributed by atoms with Gasteiger partial charge >= 0.3 is 6.09 Å². The molecule has 1 saturated heterocycles. The topological polar surface area (TPSA) is 52.6 Å². The zero-order valence-corrected chi connectivity index (χ0v) is 12.9. The van der Waals surface area contributed by atoms with E-state index in [0.717, 1.165) is 24.1 Å². The lowest BCUT2D eigenvalue weighted by molar-refractivity contribution is 0.0682. The molecule has 0 bridgehead atoms. The molecule has 4 nitrogen and oxygen atoms in total. The summed E-state index contributed by atoms with van der Waals surface area (Å²) in [5.41, 5.74) is 3.38. The molecule has 0 aromatic heterocycles. The lowest BCUT2D eigenvalue weighted by Gasteiger charge is -2.48. The fraction of sp³-hybridized carbons (Fsp3) is 0.316. The third-order valence-corrected chi connectivity index (χ3v) is 5.10. The Bertz CT molecular complexity index is 716. The van der Waals surface area contributed by atoms with Crippen molar-refractivity contribution in [3.05, 3.63) is 65.7 Å². The van der Waals surface area contributed by atoms with Crippen LogP contribution in [0.2, 0.25) is 0 Å². The number of amides is 1. The standard InChI is InChI=1S/C19H20N2O2/c22-19(23)21-12-6-10-15-17(13-7-2-1-3-8-13)20-16-11-5-4-9-14(16)18(15)21/h1-5,7-9,11,15,17-18,20H,6,10,12H2,(H,22,23)/t15?,17?,18-/m1/s1. The van der Waals surface area contributed by atoms with Gasteiger partial charge in [-0.25, -0.2) is 4.79 Å². The van der Waals surface area contributed by atoms with E-state index in [4.69, 9.17) is 0 Å². The first kappa shape index (κ1) is 14.1. The average Bonchev–Trinajstić information content (AvgIpc) is 2.61. The molecule has 2 aliphatic heterocycles. The Morgan fingerprint density at radius 2 is 1.83 bits per heavy atom. The van der Waals surface area contributed by atoms with E-state index in [1.165, 1.54) is 5.56 Å². The van der Waals surface area contributed by atoms with Crippen LogP contribution in [0.3, 0.4) is 0 Å². The van der Waals surface area contributed by atoms with Crippen LogP contribution in [0, 0.1) is 5.92 Å². The Balaban J connectivity index is 1.82. The molecule has 0 aliphatic carbocycles. The van der Waals surface area contributed by atoms with Gasteiger partial charge in [-0.3, -0.25) is 0 Å². The monoisotopic (exact) mass is 308 g/mol. The van der Waals surface area contributed by atoms with Gasteiger partial charge < -0.3 is 15.3 Å². The van der Waals surface area contributed by atoms with Crippen molar-refractivity contribution in [1.82, 2.24) is 4.90 Å². The van der Waals surface area contributed by atoms with E-state index in [2.05, 4.69) is 29.6 Å². The Kier molecular flexibility index (Phi) is 3.45. The first-order valence-corrected chi connectivity index (χ1v) is 8.15. The summed E-state index contributed by atoms with van der Waals surface area (Å²) in [6.07, 6.45) is 1.14. The van der Waals surface area contributed by atoms with Crippen LogP contribution < -0.4 is 5.32 Å². The fourth-order valence-corrected chi connectivity index (χ4v) is 4.14. The van der Waals surface area contributed by atoms with Crippen LogP contribution in [0.1, 0.15) is 36.1 Å². The number of hydrogen-bond donors (Lipinski definition) is 2. The zero-order valence-electron chi connectivity index (χ0n) is 12.9. The van der Waals surface area contributed by atoms with Gasteiger partial charge in [-0.05, 0) is 30.0 Å². The average molecular weight is 308 g/mol. The SMILES string of the molecule is O=C(O)N1CCCC2C(c3ccccc3)Nc3ccccc3[C@H]21. The highest BCUT2D eigenvalue weighted by Crippen LogP contribution is 2.49. The van der Waals surface area contributed by atoms with Crippen molar-refractivity contribution in [2.24, 2.45) is 5.92 Å². The Hall–Kier alpha value is -2.49. The number of fused-ring (bicyclic) bond motifs is 3. The predicted molar refractivity (Wildman–Crippen MR) is 89.4 cm³/mol. The van der Waals surface area contributed by atoms with Crippen molar-refractivity contribution in [2.75, 3.05) is 11.9 Å². The molecule has 0 spiro atoms. The molecule has 1 fully saturated rings. The third kappa shape index (κ3) is 2.34. The Labute approximate surface area is 135 Å². The smallest absolute Gasteiger partial charge is 0.407 e. The van der Waals surface area contributed by atoms with E-state index in [1.54, 1.807) is 4.90 Å². The largest absolute Gasteiger partial charge is 0.465 e. The van der Waals surface area contributed by atoms with Gasteiger partial charge in [0.05, 0.1) is 12.1 Å². The van der Waals surface area contributed by atoms with Gasteiger partial charge in [-0.15, -0.1) is 0 Å². The predicted octanol–water partition coefficient (Wildman–Crippen LogP) is 4.28. The molecule has 3 atom stereocenters. The highest BCUT2D eigenvalue weighted by atomic mass is 16.4. The maximum atomic E-state index is 11.8. The van der Waals surface area contributed by atoms with Crippen LogP contribution in [-0.4, -0.2) is 22.6 Å². The summed E-state index contributed by atoms with van der Waals surface area (Å²) in [5, 5.41) is 13.3. The van der Waals surface area contributed by atoms with Crippen molar-refractivity contribution >= 4 is 11.8 Å². The minimum absolute atomic E-state index is 0.0658. The number of piperidine rings is 1. The summed E-state index contributed by atoms with van der Waals surface area (Å²) >= 11 is 0. The highest BCUT2D eigenvalue weighted by Gasteiger charge is 2.43. The van der Waals surface area contributed by atoms with E-state index in [1.807, 2.05) is 30.3 Å². The second kappa shape index (κ2) is 5.61. The molecule has 4 heteroatoms. The summed E-state index contributed by atoms with van der Waals surface area (Å²) in [4.78, 5) is 13.4. The van der Waals surface area contributed by atoms with Crippen LogP contribution in [0.4, 0.5) is 10.5 Å². The lowest BCUT2D eigenvalue weighted by Crippen LogP contribution is -2.47. The number of nitrogens with zero attached hydrogens (tertiary/aromatic N) is 1. The Morgan fingerprint density at radius 3 is 2.61 bits per heavy atom. The highest BCUT2D eigenvalue weighted by molar-refractivity contribution is 5.68. The molecule has 0 radical (unpaired) electrons. The number of para-hydroxylation sites is 1. The summed E-state index contributed by atoms with van der Waals surface area (Å²) < 4.78 is 0. The number of carbonyl (C=O) groups is 1. The number of likely N-dealkylation sites (tertiary alicyclic amines) is 1. The fourth-order valence-electron chi connectivity index (χ4n) is 4.14. The maximum Gasteiger partial charge on any atom is 0.407 e. The van der Waals surface area contributed by atoms with Gasteiger partial charge in [-0.2, -0.15) is 0 Å². The molecule has 23 heavy (non-hydrogen) atoms. The number of anilines is 1. The number of carboxylic acid groups (broad SMARTS) is 1. The first-order valence-electron chi connectivity index (χ1n) is 8.15. The molecular weight excluding hydrogens is 288 g/mol. The number of benzene rings is 2. The summed E-state index contributed by atoms with van der Waals surface area (Å²) in [5.74, 6) is 0.261. The molecular formula is C19H20N2O2. The maximum absolute atomic E-state index is 11.8. The third-order valence-electron chi connectivity index (χ3n) is 5.10. The van der Waals surface area contributed by atoms with Crippen molar-refractivity contribution in [1.29, 1.82) is 0 Å². The minimum Gasteiger partial charge on any atom is -0.465 e. The van der Waals surface area contributed by atoms with Gasteiger partial charge in [0.2, 0.25) is 0 Å². The molecule has 2 heterocycles. The van der Waals surface area contributed by atoms with E-state index in [0.29, 0.717) is 6.54 Å². The van der Waals surface area contributed by atoms with Crippen molar-refractivity contribution in [3.8, 4) is 0 Å². The summed E-state index contributed by atoms with van der Waals surface area (Å²) in [6.45, 7) is 0.617. The first-order chi connectivity index (χ1) is 11.3. The molecule has 2 aromatic rings. The quantitative estimate of drug-likeness (QED) is 0.826. The number of nitrogens with one attached hydrogen (secondary N) is 1. The minimum atomic E-state index is -0.816. The lowest BCUT2D eigenvalue weighted by atomic mass is 9.74. The zero-order chi connectivity index (χ0) is 15.8. The normalized spacial score (nSPS) is 25.9. The van der Waals surface area contributed by atoms with Gasteiger partial charge in [0, 0.05) is 18.2 Å². The van der Waals surface area contributed by atoms with Crippen LogP contribution >= 0.6 is 0 Å². The molecule has 2 unspecified atom stereocenters. The van der Waals surface area contributed by atoms with E-state index >= 15 is 0 Å². The van der Waals surface area contributed by atoms with Gasteiger partial charge in [0.25, 0.3) is 0 Å². The van der Waals surface area contributed by atoms with Crippen molar-refractivity contribution in [2.45, 2.75) is 24.9 Å². The van der Waals surface area contributed by atoms with Crippen LogP contribution in [0.5, 0.6) is 0 Å². The second-order valence-electron chi connectivity index (χ2n) is 6.35. The van der Waals surface area contributed by atoms with E-state index in [9.17, 15) is 9.90 Å². The van der Waals surface area contributed by atoms with Gasteiger partial charge in [0.15, 0.2) is 0 Å². The van der Waals surface area contributed by atoms with Crippen molar-refractivity contribution in [3.63, 3.8) is 0 Å². The van der Waals surface area contributed by atoms with Crippen molar-refractivity contribution < 1.29 is 9.90 Å². The summed E-state index contributed by atoms with van der Waals surface area (Å²) in [6, 6.07) is 18.6. The molecule has 1 amide bonds. The van der Waals surface area contributed by atoms with Crippen LogP contribution in [0.15, 0.2) is 54.6 Å². The number of rotatable bonds is 1. The van der Waals surface area contributed by atoms with Gasteiger partial charge in [0.1, 0.15) is 0 Å². The van der Waals surface area contributed by atoms with E-state index < -0.39 is 6.09 Å². The molecule has 0 saturated carbocycles. The molecule has 2 aliphatic rings. The second-order valence-corrected chi connectivity index (χ2v) is 6.35. The van der Waals surface area contributed by atoms with E-state index in [-0.39, 0.29) is 18.0 Å². The van der Waals surface area contributed by atoms with Crippen LogP contribution in [-0.2, 0) is 0 Å². The molecule has 4 rings (SSSR count). The molecule has 118 valence electrons. The molecule has 2 aromatic carbocycles. The summed E-state index contributed by atoms with van der Waals surface area (Å²) in [7, 11) is 0. The Morgan fingerprint density at radius 1 is 1.09 bits per heavy atom. The number of hydrogen-bond acceptors (Lipinski definition) is 2. The van der Waals surface area contributed by atoms with Crippen LogP contribution in [0.25, 0.3) is 0 Å². The van der Waals surface area contributed by atoms with Gasteiger partial charge in [-0.1, -0.05) is 48.5 Å².